The van der Waals surface area contributed by atoms with Crippen LogP contribution in [0.4, 0.5) is 11.6 Å². The highest BCUT2D eigenvalue weighted by Crippen LogP contribution is 2.21. The summed E-state index contributed by atoms with van der Waals surface area (Å²) >= 11 is 5.75. The van der Waals surface area contributed by atoms with Crippen LogP contribution < -0.4 is 10.1 Å². The molecule has 9 nitrogen and oxygen atoms in total. The molecular formula is C11H10ClN5O4. The summed E-state index contributed by atoms with van der Waals surface area (Å²) < 4.78 is 5.03. The number of H-pyrrole nitrogens is 1. The van der Waals surface area contributed by atoms with Gasteiger partial charge in [-0.15, -0.1) is 5.10 Å². The first-order chi connectivity index (χ1) is 9.99. The minimum Gasteiger partial charge on any atom is -0.463 e. The summed E-state index contributed by atoms with van der Waals surface area (Å²) in [4.78, 5) is 25.9. The van der Waals surface area contributed by atoms with Gasteiger partial charge in [-0.2, -0.15) is 4.98 Å². The molecule has 10 heteroatoms. The molecule has 0 aliphatic rings. The van der Waals surface area contributed by atoms with E-state index in [1.54, 1.807) is 6.92 Å². The Bertz CT molecular complexity index is 687. The zero-order valence-corrected chi connectivity index (χ0v) is 11.5. The van der Waals surface area contributed by atoms with E-state index >= 15 is 0 Å². The molecule has 0 aliphatic heterocycles. The maximum absolute atomic E-state index is 12.0. The minimum atomic E-state index is -0.635. The second kappa shape index (κ2) is 6.18. The number of amides is 1. The van der Waals surface area contributed by atoms with Gasteiger partial charge in [-0.1, -0.05) is 11.6 Å². The lowest BCUT2D eigenvalue weighted by Crippen LogP contribution is -2.13. The smallest absolute Gasteiger partial charge is 0.337 e. The number of hydrogen-bond donors (Lipinski definition) is 2. The Labute approximate surface area is 123 Å². The number of nitro groups is 1. The number of aromatic amines is 1. The van der Waals surface area contributed by atoms with Gasteiger partial charge in [0.2, 0.25) is 5.95 Å². The Balaban J connectivity index is 2.17. The van der Waals surface area contributed by atoms with Gasteiger partial charge in [0.15, 0.2) is 0 Å². The summed E-state index contributed by atoms with van der Waals surface area (Å²) in [6, 6.07) is 3.66. The van der Waals surface area contributed by atoms with Gasteiger partial charge in [0.05, 0.1) is 11.5 Å². The molecule has 0 bridgehead atoms. The molecular weight excluding hydrogens is 302 g/mol. The van der Waals surface area contributed by atoms with Gasteiger partial charge in [0.25, 0.3) is 11.6 Å². The quantitative estimate of drug-likeness (QED) is 0.643. The highest BCUT2D eigenvalue weighted by Gasteiger charge is 2.15. The maximum atomic E-state index is 12.0. The lowest BCUT2D eigenvalue weighted by Gasteiger charge is -2.02. The molecule has 0 spiro atoms. The summed E-state index contributed by atoms with van der Waals surface area (Å²) in [5, 5.41) is 19.4. The van der Waals surface area contributed by atoms with Crippen molar-refractivity contribution < 1.29 is 14.5 Å². The number of carbonyl (C=O) groups excluding carboxylic acids is 1. The average molecular weight is 312 g/mol. The van der Waals surface area contributed by atoms with Crippen LogP contribution in [0.3, 0.4) is 0 Å². The van der Waals surface area contributed by atoms with Gasteiger partial charge in [0.1, 0.15) is 0 Å². The summed E-state index contributed by atoms with van der Waals surface area (Å²) in [6.07, 6.45) is 0. The highest BCUT2D eigenvalue weighted by atomic mass is 35.5. The van der Waals surface area contributed by atoms with Crippen molar-refractivity contribution in [2.75, 3.05) is 11.9 Å². The van der Waals surface area contributed by atoms with E-state index < -0.39 is 10.8 Å². The number of carbonyl (C=O) groups is 1. The number of anilines is 1. The third kappa shape index (κ3) is 3.66. The maximum Gasteiger partial charge on any atom is 0.337 e. The fourth-order valence-electron chi connectivity index (χ4n) is 1.49. The predicted molar refractivity (Wildman–Crippen MR) is 73.6 cm³/mol. The third-order valence-corrected chi connectivity index (χ3v) is 2.54. The van der Waals surface area contributed by atoms with Crippen molar-refractivity contribution in [3.63, 3.8) is 0 Å². The summed E-state index contributed by atoms with van der Waals surface area (Å²) in [5.74, 6) is -0.550. The van der Waals surface area contributed by atoms with Gasteiger partial charge < -0.3 is 4.74 Å². The van der Waals surface area contributed by atoms with Crippen LogP contribution in [0.2, 0.25) is 5.02 Å². The van der Waals surface area contributed by atoms with Crippen LogP contribution in [0.5, 0.6) is 6.01 Å². The molecule has 0 saturated carbocycles. The number of benzene rings is 1. The molecule has 1 aromatic carbocycles. The van der Waals surface area contributed by atoms with E-state index in [1.165, 1.54) is 6.07 Å². The number of rotatable bonds is 5. The first-order valence-electron chi connectivity index (χ1n) is 5.81. The Morgan fingerprint density at radius 1 is 1.52 bits per heavy atom. The van der Waals surface area contributed by atoms with E-state index in [4.69, 9.17) is 16.3 Å². The van der Waals surface area contributed by atoms with Crippen molar-refractivity contribution in [1.29, 1.82) is 0 Å². The van der Waals surface area contributed by atoms with Crippen LogP contribution >= 0.6 is 11.6 Å². The fraction of sp³-hybridized carbons (Fsp3) is 0.182. The number of nitrogens with one attached hydrogen (secondary N) is 2. The normalized spacial score (nSPS) is 10.2. The largest absolute Gasteiger partial charge is 0.463 e. The molecule has 1 amide bonds. The standard InChI is InChI=1S/C11H10ClN5O4/c1-2-21-11-14-10(15-16-11)13-9(18)6-3-7(12)5-8(4-6)17(19)20/h3-5H,2H2,1H3,(H2,13,14,15,16,18). The van der Waals surface area contributed by atoms with Gasteiger partial charge in [-0.3, -0.25) is 20.2 Å². The van der Waals surface area contributed by atoms with Crippen LogP contribution in [-0.2, 0) is 0 Å². The molecule has 1 aromatic heterocycles. The SMILES string of the molecule is CCOc1n[nH]c(NC(=O)c2cc(Cl)cc([N+](=O)[O-])c2)n1. The van der Waals surface area contributed by atoms with Crippen molar-refractivity contribution in [3.8, 4) is 6.01 Å². The first-order valence-corrected chi connectivity index (χ1v) is 6.19. The molecule has 0 aliphatic carbocycles. The number of non-ortho nitro benzene ring substituents is 1. The zero-order valence-electron chi connectivity index (χ0n) is 10.8. The Morgan fingerprint density at radius 2 is 2.29 bits per heavy atom. The van der Waals surface area contributed by atoms with Gasteiger partial charge in [-0.05, 0) is 13.0 Å². The molecule has 0 fully saturated rings. The Kier molecular flexibility index (Phi) is 4.33. The van der Waals surface area contributed by atoms with Crippen molar-refractivity contribution in [2.45, 2.75) is 6.92 Å². The van der Waals surface area contributed by atoms with E-state index in [1.807, 2.05) is 0 Å². The van der Waals surface area contributed by atoms with Crippen LogP contribution in [-0.4, -0.2) is 32.6 Å². The van der Waals surface area contributed by atoms with E-state index in [9.17, 15) is 14.9 Å². The van der Waals surface area contributed by atoms with Gasteiger partial charge >= 0.3 is 6.01 Å². The number of nitro benzene ring substituents is 1. The highest BCUT2D eigenvalue weighted by molar-refractivity contribution is 6.31. The molecule has 0 saturated heterocycles. The zero-order chi connectivity index (χ0) is 15.4. The van der Waals surface area contributed by atoms with Crippen LogP contribution in [0, 0.1) is 10.1 Å². The van der Waals surface area contributed by atoms with E-state index in [-0.39, 0.29) is 28.2 Å². The van der Waals surface area contributed by atoms with Crippen molar-refractivity contribution in [1.82, 2.24) is 15.2 Å². The lowest BCUT2D eigenvalue weighted by atomic mass is 10.2. The molecule has 0 atom stereocenters. The number of halogens is 1. The molecule has 2 rings (SSSR count). The second-order valence-corrected chi connectivity index (χ2v) is 4.25. The van der Waals surface area contributed by atoms with Crippen LogP contribution in [0.1, 0.15) is 17.3 Å². The fourth-order valence-corrected chi connectivity index (χ4v) is 1.72. The Morgan fingerprint density at radius 3 is 2.95 bits per heavy atom. The first kappa shape index (κ1) is 14.7. The lowest BCUT2D eigenvalue weighted by molar-refractivity contribution is -0.384. The molecule has 110 valence electrons. The number of nitrogens with zero attached hydrogens (tertiary/aromatic N) is 3. The van der Waals surface area contributed by atoms with Crippen molar-refractivity contribution in [2.24, 2.45) is 0 Å². The van der Waals surface area contributed by atoms with Gasteiger partial charge in [0, 0.05) is 22.7 Å². The topological polar surface area (TPSA) is 123 Å². The monoisotopic (exact) mass is 311 g/mol. The Hall–Kier alpha value is -2.68. The molecule has 2 aromatic rings. The van der Waals surface area contributed by atoms with Crippen LogP contribution in [0.25, 0.3) is 0 Å². The average Bonchev–Trinajstić information content (AvgIpc) is 2.85. The number of aromatic nitrogens is 3. The molecule has 1 heterocycles. The molecule has 0 unspecified atom stereocenters. The summed E-state index contributed by atoms with van der Waals surface area (Å²) in [7, 11) is 0. The van der Waals surface area contributed by atoms with E-state index in [0.29, 0.717) is 6.61 Å². The third-order valence-electron chi connectivity index (χ3n) is 2.33. The molecule has 2 N–H and O–H groups in total. The van der Waals surface area contributed by atoms with Crippen molar-refractivity contribution >= 4 is 29.1 Å². The molecule has 21 heavy (non-hydrogen) atoms. The second-order valence-electron chi connectivity index (χ2n) is 3.81. The van der Waals surface area contributed by atoms with Crippen LogP contribution in [0.15, 0.2) is 18.2 Å². The summed E-state index contributed by atoms with van der Waals surface area (Å²) in [6.45, 7) is 2.14. The molecule has 0 radical (unpaired) electrons. The van der Waals surface area contributed by atoms with Gasteiger partial charge in [-0.25, -0.2) is 5.10 Å². The number of ether oxygens (including phenoxy) is 1. The predicted octanol–water partition coefficient (Wildman–Crippen LogP) is 2.02. The van der Waals surface area contributed by atoms with E-state index in [0.717, 1.165) is 12.1 Å². The summed E-state index contributed by atoms with van der Waals surface area (Å²) in [5.41, 5.74) is -0.246. The number of hydrogen-bond acceptors (Lipinski definition) is 6. The van der Waals surface area contributed by atoms with Crippen molar-refractivity contribution in [3.05, 3.63) is 38.9 Å². The minimum absolute atomic E-state index is 0.0311. The van der Waals surface area contributed by atoms with E-state index in [2.05, 4.69) is 20.5 Å².